The molecule has 0 unspecified atom stereocenters. The summed E-state index contributed by atoms with van der Waals surface area (Å²) in [6, 6.07) is 13.8. The second-order valence-corrected chi connectivity index (χ2v) is 5.87. The van der Waals surface area contributed by atoms with Crippen molar-refractivity contribution in [2.24, 2.45) is 5.92 Å². The van der Waals surface area contributed by atoms with Crippen molar-refractivity contribution in [1.82, 2.24) is 0 Å². The summed E-state index contributed by atoms with van der Waals surface area (Å²) >= 11 is 5.89. The normalized spacial score (nSPS) is 10.4. The standard InChI is InChI=1S/C18H18ClNO3/c1-12(2)17(21)20-16-8-4-6-14(10-16)18(22)23-11-13-5-3-7-15(19)9-13/h3-10,12H,11H2,1-2H3,(H,20,21). The van der Waals surface area contributed by atoms with Crippen LogP contribution >= 0.6 is 11.6 Å². The quantitative estimate of drug-likeness (QED) is 0.831. The van der Waals surface area contributed by atoms with Crippen LogP contribution in [0.15, 0.2) is 48.5 Å². The highest BCUT2D eigenvalue weighted by Gasteiger charge is 2.11. The number of nitrogens with one attached hydrogen (secondary N) is 1. The van der Waals surface area contributed by atoms with E-state index in [1.807, 2.05) is 6.07 Å². The van der Waals surface area contributed by atoms with Gasteiger partial charge in [0.2, 0.25) is 5.91 Å². The third-order valence-electron chi connectivity index (χ3n) is 3.15. The van der Waals surface area contributed by atoms with Gasteiger partial charge in [-0.25, -0.2) is 4.79 Å². The van der Waals surface area contributed by atoms with Crippen molar-refractivity contribution in [3.05, 3.63) is 64.7 Å². The number of halogens is 1. The number of benzene rings is 2. The van der Waals surface area contributed by atoms with Gasteiger partial charge in [0, 0.05) is 16.6 Å². The first-order valence-corrected chi connectivity index (χ1v) is 7.66. The average Bonchev–Trinajstić information content (AvgIpc) is 2.53. The molecule has 0 saturated heterocycles. The van der Waals surface area contributed by atoms with E-state index in [-0.39, 0.29) is 18.4 Å². The number of carbonyl (C=O) groups excluding carboxylic acids is 2. The summed E-state index contributed by atoms with van der Waals surface area (Å²) in [7, 11) is 0. The van der Waals surface area contributed by atoms with E-state index in [4.69, 9.17) is 16.3 Å². The Balaban J connectivity index is 2.00. The minimum Gasteiger partial charge on any atom is -0.457 e. The van der Waals surface area contributed by atoms with Gasteiger partial charge in [0.05, 0.1) is 5.56 Å². The summed E-state index contributed by atoms with van der Waals surface area (Å²) in [6.45, 7) is 3.75. The van der Waals surface area contributed by atoms with Crippen LogP contribution in [0.5, 0.6) is 0 Å². The summed E-state index contributed by atoms with van der Waals surface area (Å²) in [4.78, 5) is 23.8. The number of ether oxygens (including phenoxy) is 1. The minimum absolute atomic E-state index is 0.102. The second-order valence-electron chi connectivity index (χ2n) is 5.43. The van der Waals surface area contributed by atoms with Gasteiger partial charge in [0.15, 0.2) is 0 Å². The monoisotopic (exact) mass is 331 g/mol. The molecule has 2 aromatic carbocycles. The van der Waals surface area contributed by atoms with Crippen LogP contribution in [0.1, 0.15) is 29.8 Å². The Morgan fingerprint density at radius 3 is 2.57 bits per heavy atom. The number of hydrogen-bond acceptors (Lipinski definition) is 3. The molecule has 0 radical (unpaired) electrons. The van der Waals surface area contributed by atoms with Gasteiger partial charge in [-0.15, -0.1) is 0 Å². The Morgan fingerprint density at radius 2 is 1.87 bits per heavy atom. The van der Waals surface area contributed by atoms with E-state index in [0.29, 0.717) is 16.3 Å². The van der Waals surface area contributed by atoms with E-state index in [1.165, 1.54) is 0 Å². The molecule has 0 aromatic heterocycles. The fraction of sp³-hybridized carbons (Fsp3) is 0.222. The number of rotatable bonds is 5. The van der Waals surface area contributed by atoms with Crippen molar-refractivity contribution in [3.8, 4) is 0 Å². The lowest BCUT2D eigenvalue weighted by Gasteiger charge is -2.09. The first kappa shape index (κ1) is 17.0. The van der Waals surface area contributed by atoms with E-state index >= 15 is 0 Å². The number of carbonyl (C=O) groups is 2. The van der Waals surface area contributed by atoms with Gasteiger partial charge >= 0.3 is 5.97 Å². The first-order chi connectivity index (χ1) is 11.0. The maximum atomic E-state index is 12.1. The first-order valence-electron chi connectivity index (χ1n) is 7.28. The third kappa shape index (κ3) is 5.11. The Kier molecular flexibility index (Phi) is 5.77. The van der Waals surface area contributed by atoms with E-state index in [9.17, 15) is 9.59 Å². The predicted molar refractivity (Wildman–Crippen MR) is 90.5 cm³/mol. The van der Waals surface area contributed by atoms with Crippen LogP contribution in [0, 0.1) is 5.92 Å². The molecule has 1 amide bonds. The molecular weight excluding hydrogens is 314 g/mol. The lowest BCUT2D eigenvalue weighted by Crippen LogP contribution is -2.18. The van der Waals surface area contributed by atoms with Gasteiger partial charge in [-0.05, 0) is 35.9 Å². The number of hydrogen-bond donors (Lipinski definition) is 1. The van der Waals surface area contributed by atoms with Gasteiger partial charge in [0.1, 0.15) is 6.61 Å². The Morgan fingerprint density at radius 1 is 1.13 bits per heavy atom. The third-order valence-corrected chi connectivity index (χ3v) is 3.38. The van der Waals surface area contributed by atoms with E-state index in [1.54, 1.807) is 56.3 Å². The van der Waals surface area contributed by atoms with Crippen LogP contribution in [-0.4, -0.2) is 11.9 Å². The van der Waals surface area contributed by atoms with Crippen molar-refractivity contribution < 1.29 is 14.3 Å². The molecule has 0 aliphatic carbocycles. The predicted octanol–water partition coefficient (Wildman–Crippen LogP) is 4.29. The highest BCUT2D eigenvalue weighted by molar-refractivity contribution is 6.30. The number of anilines is 1. The lowest BCUT2D eigenvalue weighted by molar-refractivity contribution is -0.118. The summed E-state index contributed by atoms with van der Waals surface area (Å²) in [6.07, 6.45) is 0. The Hall–Kier alpha value is -2.33. The van der Waals surface area contributed by atoms with Crippen molar-refractivity contribution >= 4 is 29.2 Å². The molecule has 4 nitrogen and oxygen atoms in total. The van der Waals surface area contributed by atoms with Gasteiger partial charge < -0.3 is 10.1 Å². The molecule has 2 rings (SSSR count). The second kappa shape index (κ2) is 7.79. The van der Waals surface area contributed by atoms with Crippen molar-refractivity contribution in [1.29, 1.82) is 0 Å². The largest absolute Gasteiger partial charge is 0.457 e. The summed E-state index contributed by atoms with van der Waals surface area (Å²) in [5.41, 5.74) is 1.77. The Bertz CT molecular complexity index is 713. The number of esters is 1. The summed E-state index contributed by atoms with van der Waals surface area (Å²) in [5, 5.41) is 3.35. The molecule has 0 atom stereocenters. The minimum atomic E-state index is -0.453. The highest BCUT2D eigenvalue weighted by atomic mass is 35.5. The van der Waals surface area contributed by atoms with Crippen LogP contribution in [0.4, 0.5) is 5.69 Å². The SMILES string of the molecule is CC(C)C(=O)Nc1cccc(C(=O)OCc2cccc(Cl)c2)c1. The molecule has 0 aliphatic rings. The van der Waals surface area contributed by atoms with Crippen LogP contribution in [0.2, 0.25) is 5.02 Å². The molecular formula is C18H18ClNO3. The molecule has 0 bridgehead atoms. The fourth-order valence-electron chi connectivity index (χ4n) is 1.87. The highest BCUT2D eigenvalue weighted by Crippen LogP contribution is 2.15. The molecule has 0 spiro atoms. The molecule has 23 heavy (non-hydrogen) atoms. The topological polar surface area (TPSA) is 55.4 Å². The lowest BCUT2D eigenvalue weighted by atomic mass is 10.1. The van der Waals surface area contributed by atoms with E-state index in [0.717, 1.165) is 5.56 Å². The zero-order valence-electron chi connectivity index (χ0n) is 13.0. The molecule has 0 heterocycles. The Labute approximate surface area is 140 Å². The summed E-state index contributed by atoms with van der Waals surface area (Å²) < 4.78 is 5.27. The molecule has 2 aromatic rings. The zero-order valence-corrected chi connectivity index (χ0v) is 13.8. The molecule has 120 valence electrons. The van der Waals surface area contributed by atoms with E-state index < -0.39 is 5.97 Å². The van der Waals surface area contributed by atoms with Crippen LogP contribution in [0.3, 0.4) is 0 Å². The molecule has 1 N–H and O–H groups in total. The van der Waals surface area contributed by atoms with Gasteiger partial charge in [-0.1, -0.05) is 43.6 Å². The summed E-state index contributed by atoms with van der Waals surface area (Å²) in [5.74, 6) is -0.687. The fourth-order valence-corrected chi connectivity index (χ4v) is 2.08. The molecule has 0 saturated carbocycles. The van der Waals surface area contributed by atoms with Crippen molar-refractivity contribution in [2.75, 3.05) is 5.32 Å². The van der Waals surface area contributed by atoms with Gasteiger partial charge in [-0.3, -0.25) is 4.79 Å². The molecule has 5 heteroatoms. The molecule has 0 aliphatic heterocycles. The van der Waals surface area contributed by atoms with Crippen molar-refractivity contribution in [2.45, 2.75) is 20.5 Å². The number of amides is 1. The zero-order chi connectivity index (χ0) is 16.8. The van der Waals surface area contributed by atoms with Crippen LogP contribution in [-0.2, 0) is 16.1 Å². The smallest absolute Gasteiger partial charge is 0.338 e. The maximum absolute atomic E-state index is 12.1. The van der Waals surface area contributed by atoms with E-state index in [2.05, 4.69) is 5.32 Å². The van der Waals surface area contributed by atoms with Crippen molar-refractivity contribution in [3.63, 3.8) is 0 Å². The van der Waals surface area contributed by atoms with Crippen LogP contribution < -0.4 is 5.32 Å². The van der Waals surface area contributed by atoms with Crippen LogP contribution in [0.25, 0.3) is 0 Å². The van der Waals surface area contributed by atoms with Gasteiger partial charge in [-0.2, -0.15) is 0 Å². The van der Waals surface area contributed by atoms with Gasteiger partial charge in [0.25, 0.3) is 0 Å². The molecule has 0 fully saturated rings. The average molecular weight is 332 g/mol. The maximum Gasteiger partial charge on any atom is 0.338 e.